The number of rotatable bonds is 11. The van der Waals surface area contributed by atoms with Crippen LogP contribution in [0, 0.1) is 0 Å². The summed E-state index contributed by atoms with van der Waals surface area (Å²) in [6, 6.07) is -1.02. The van der Waals surface area contributed by atoms with E-state index in [0.717, 1.165) is 32.7 Å². The Morgan fingerprint density at radius 2 is 2.13 bits per heavy atom. The molecule has 206 valence electrons. The summed E-state index contributed by atoms with van der Waals surface area (Å²) in [5.41, 5.74) is 5.13. The van der Waals surface area contributed by atoms with Crippen LogP contribution in [-0.2, 0) is 30.6 Å². The second-order valence-corrected chi connectivity index (χ2v) is 10.5. The number of β-lactam (4-membered cyclic amide) rings is 1. The first-order chi connectivity index (χ1) is 18.7. The highest BCUT2D eigenvalue weighted by Crippen LogP contribution is 2.41. The molecule has 18 nitrogen and oxygen atoms in total. The molecule has 0 bridgehead atoms. The van der Waals surface area contributed by atoms with Crippen LogP contribution in [0.3, 0.4) is 0 Å². The number of oxime groups is 2. The Morgan fingerprint density at radius 3 is 2.74 bits per heavy atom. The summed E-state index contributed by atoms with van der Waals surface area (Å²) in [6.45, 7) is -0.434. The molecule has 4 rings (SSSR count). The topological polar surface area (TPSA) is 261 Å². The standard InChI is InChI=1S/C18H18N10O8S3/c1-36-24-9(8-5-38-17(19)20-8)12(29)21-10-13(30)28-11(16(33)34)6(3-37-14(10)28)4-39-18-22-25-26-27(18)2-7(23-35)15(31)32/h5,10,14,35H,2-4H2,1H3,(H2,19,20)(H,21,29)(H,31,32)(H,33,34)/b23-7+,24-9+/t10?,14-/m1/s1. The highest BCUT2D eigenvalue weighted by Gasteiger charge is 2.54. The Bertz CT molecular complexity index is 1420. The molecule has 0 saturated carbocycles. The number of thioether (sulfide) groups is 2. The van der Waals surface area contributed by atoms with E-state index in [1.54, 1.807) is 0 Å². The number of carbonyl (C=O) groups is 4. The van der Waals surface area contributed by atoms with Gasteiger partial charge in [-0.15, -0.1) is 28.2 Å². The van der Waals surface area contributed by atoms with Gasteiger partial charge in [-0.25, -0.2) is 19.3 Å². The number of nitrogens with one attached hydrogen (secondary N) is 1. The first-order valence-corrected chi connectivity index (χ1v) is 13.4. The summed E-state index contributed by atoms with van der Waals surface area (Å²) in [5, 5.41) is 48.7. The van der Waals surface area contributed by atoms with Crippen molar-refractivity contribution in [1.29, 1.82) is 0 Å². The molecular formula is C18H18N10O8S3. The Hall–Kier alpha value is -4.24. The first-order valence-electron chi connectivity index (χ1n) is 10.5. The molecule has 2 aliphatic heterocycles. The monoisotopic (exact) mass is 598 g/mol. The Morgan fingerprint density at radius 1 is 1.36 bits per heavy atom. The number of nitrogens with two attached hydrogens (primary N) is 1. The van der Waals surface area contributed by atoms with Gasteiger partial charge in [0, 0.05) is 16.9 Å². The molecule has 2 aromatic heterocycles. The maximum Gasteiger partial charge on any atom is 0.355 e. The molecule has 21 heteroatoms. The van der Waals surface area contributed by atoms with E-state index in [1.807, 2.05) is 0 Å². The molecule has 1 saturated heterocycles. The third-order valence-corrected chi connectivity index (χ3v) is 8.30. The average Bonchev–Trinajstić information content (AvgIpc) is 3.54. The van der Waals surface area contributed by atoms with Gasteiger partial charge in [-0.2, -0.15) is 0 Å². The van der Waals surface area contributed by atoms with Gasteiger partial charge in [0.1, 0.15) is 29.9 Å². The lowest BCUT2D eigenvalue weighted by Crippen LogP contribution is -2.71. The molecule has 4 heterocycles. The fourth-order valence-corrected chi connectivity index (χ4v) is 6.44. The highest BCUT2D eigenvalue weighted by molar-refractivity contribution is 8.01. The minimum absolute atomic E-state index is 0.0527. The molecule has 39 heavy (non-hydrogen) atoms. The zero-order valence-corrected chi connectivity index (χ0v) is 22.1. The molecule has 2 atom stereocenters. The second kappa shape index (κ2) is 11.7. The number of tetrazole rings is 1. The Balaban J connectivity index is 1.47. The molecule has 0 aliphatic carbocycles. The van der Waals surface area contributed by atoms with Crippen LogP contribution in [0.25, 0.3) is 0 Å². The number of carboxylic acid groups (broad SMARTS) is 2. The number of nitrogens with zero attached hydrogens (tertiary/aromatic N) is 8. The molecule has 0 radical (unpaired) electrons. The Labute approximate surface area is 229 Å². The number of nitrogen functional groups attached to an aromatic ring is 1. The third-order valence-electron chi connectivity index (χ3n) is 5.24. The van der Waals surface area contributed by atoms with Crippen molar-refractivity contribution < 1.29 is 39.4 Å². The normalized spacial score (nSPS) is 19.4. The summed E-state index contributed by atoms with van der Waals surface area (Å²) in [6.07, 6.45) is 0. The average molecular weight is 599 g/mol. The van der Waals surface area contributed by atoms with Gasteiger partial charge >= 0.3 is 11.9 Å². The minimum Gasteiger partial charge on any atom is -0.477 e. The number of anilines is 1. The van der Waals surface area contributed by atoms with E-state index >= 15 is 0 Å². The van der Waals surface area contributed by atoms with Crippen molar-refractivity contribution in [3.63, 3.8) is 0 Å². The van der Waals surface area contributed by atoms with E-state index in [2.05, 4.69) is 36.1 Å². The van der Waals surface area contributed by atoms with Gasteiger partial charge in [0.15, 0.2) is 16.6 Å². The lowest BCUT2D eigenvalue weighted by atomic mass is 10.0. The van der Waals surface area contributed by atoms with Crippen LogP contribution in [0.4, 0.5) is 5.13 Å². The van der Waals surface area contributed by atoms with Gasteiger partial charge in [0.05, 0.1) is 6.54 Å². The zero-order valence-electron chi connectivity index (χ0n) is 19.6. The largest absolute Gasteiger partial charge is 0.477 e. The number of hydrogen-bond donors (Lipinski definition) is 5. The summed E-state index contributed by atoms with van der Waals surface area (Å²) in [5.74, 6) is -3.93. The van der Waals surface area contributed by atoms with Gasteiger partial charge in [-0.3, -0.25) is 14.5 Å². The van der Waals surface area contributed by atoms with E-state index in [0.29, 0.717) is 5.57 Å². The van der Waals surface area contributed by atoms with Crippen LogP contribution in [0.2, 0.25) is 0 Å². The highest BCUT2D eigenvalue weighted by atomic mass is 32.2. The fourth-order valence-electron chi connectivity index (χ4n) is 3.53. The van der Waals surface area contributed by atoms with E-state index < -0.39 is 47.4 Å². The number of aromatic nitrogens is 5. The van der Waals surface area contributed by atoms with Gasteiger partial charge in [-0.1, -0.05) is 22.1 Å². The number of fused-ring (bicyclic) bond motifs is 1. The van der Waals surface area contributed by atoms with E-state index in [1.165, 1.54) is 24.3 Å². The SMILES string of the molecule is CO/N=C(/C(=O)NC1C(=O)N2C(C(=O)O)=C(CSc3nnnn3C/C(=N\O)C(=O)O)CS[C@H]12)c1csc(N)n1. The van der Waals surface area contributed by atoms with Gasteiger partial charge in [0.2, 0.25) is 5.16 Å². The van der Waals surface area contributed by atoms with Gasteiger partial charge < -0.3 is 31.3 Å². The summed E-state index contributed by atoms with van der Waals surface area (Å²) in [4.78, 5) is 58.9. The number of aliphatic carboxylic acids is 2. The van der Waals surface area contributed by atoms with Gasteiger partial charge in [-0.05, 0) is 16.0 Å². The predicted molar refractivity (Wildman–Crippen MR) is 135 cm³/mol. The molecule has 0 aromatic carbocycles. The molecule has 0 spiro atoms. The molecule has 2 aromatic rings. The van der Waals surface area contributed by atoms with Crippen molar-refractivity contribution in [1.82, 2.24) is 35.4 Å². The van der Waals surface area contributed by atoms with Crippen molar-refractivity contribution in [2.75, 3.05) is 24.3 Å². The maximum absolute atomic E-state index is 13.0. The van der Waals surface area contributed by atoms with E-state index in [-0.39, 0.29) is 38.9 Å². The van der Waals surface area contributed by atoms with Crippen molar-refractivity contribution in [3.8, 4) is 0 Å². The summed E-state index contributed by atoms with van der Waals surface area (Å²) >= 11 is 3.33. The number of carboxylic acids is 2. The van der Waals surface area contributed by atoms with Crippen molar-refractivity contribution >= 4 is 75.2 Å². The number of thiazole rings is 1. The van der Waals surface area contributed by atoms with Crippen LogP contribution < -0.4 is 11.1 Å². The van der Waals surface area contributed by atoms with E-state index in [4.69, 9.17) is 20.9 Å². The molecule has 1 unspecified atom stereocenters. The number of carbonyl (C=O) groups excluding carboxylic acids is 2. The molecule has 2 amide bonds. The molecule has 6 N–H and O–H groups in total. The smallest absolute Gasteiger partial charge is 0.355 e. The number of hydrogen-bond acceptors (Lipinski definition) is 16. The minimum atomic E-state index is -1.47. The summed E-state index contributed by atoms with van der Waals surface area (Å²) in [7, 11) is 1.24. The van der Waals surface area contributed by atoms with Crippen LogP contribution in [0.5, 0.6) is 0 Å². The van der Waals surface area contributed by atoms with Crippen molar-refractivity contribution in [2.45, 2.75) is 23.1 Å². The third kappa shape index (κ3) is 5.63. The lowest BCUT2D eigenvalue weighted by molar-refractivity contribution is -0.150. The predicted octanol–water partition coefficient (Wildman–Crippen LogP) is -1.49. The maximum atomic E-state index is 13.0. The molecule has 2 aliphatic rings. The van der Waals surface area contributed by atoms with Crippen LogP contribution in [-0.4, -0.2) is 111 Å². The quantitative estimate of drug-likeness (QED) is 0.0648. The number of amides is 2. The van der Waals surface area contributed by atoms with Gasteiger partial charge in [0.25, 0.3) is 11.8 Å². The lowest BCUT2D eigenvalue weighted by Gasteiger charge is -2.49. The Kier molecular flexibility index (Phi) is 8.30. The van der Waals surface area contributed by atoms with Crippen LogP contribution >= 0.6 is 34.9 Å². The first kappa shape index (κ1) is 27.8. The molecular weight excluding hydrogens is 580 g/mol. The van der Waals surface area contributed by atoms with E-state index in [9.17, 15) is 24.3 Å². The fraction of sp³-hybridized carbons (Fsp3) is 0.333. The van der Waals surface area contributed by atoms with Crippen LogP contribution in [0.15, 0.2) is 32.1 Å². The van der Waals surface area contributed by atoms with Crippen molar-refractivity contribution in [3.05, 3.63) is 22.3 Å². The second-order valence-electron chi connectivity index (χ2n) is 7.57. The zero-order chi connectivity index (χ0) is 28.3. The summed E-state index contributed by atoms with van der Waals surface area (Å²) < 4.78 is 1.07. The molecule has 1 fully saturated rings. The van der Waals surface area contributed by atoms with Crippen molar-refractivity contribution in [2.24, 2.45) is 10.3 Å². The van der Waals surface area contributed by atoms with Crippen LogP contribution in [0.1, 0.15) is 5.69 Å².